The van der Waals surface area contributed by atoms with Crippen LogP contribution in [0, 0.1) is 5.92 Å². The van der Waals surface area contributed by atoms with Crippen molar-refractivity contribution in [2.24, 2.45) is 5.92 Å². The molecule has 1 atom stereocenters. The van der Waals surface area contributed by atoms with Gasteiger partial charge in [-0.05, 0) is 12.3 Å². The average molecular weight is 205 g/mol. The van der Waals surface area contributed by atoms with Gasteiger partial charge in [-0.2, -0.15) is 0 Å². The Labute approximate surface area is 86.6 Å². The van der Waals surface area contributed by atoms with Crippen LogP contribution in [0.2, 0.25) is 0 Å². The van der Waals surface area contributed by atoms with E-state index in [0.717, 1.165) is 13.0 Å². The average Bonchev–Trinajstić information content (AvgIpc) is 2.16. The van der Waals surface area contributed by atoms with E-state index in [0.29, 0.717) is 19.8 Å². The molecule has 0 aliphatic carbocycles. The van der Waals surface area contributed by atoms with E-state index in [1.165, 1.54) is 0 Å². The van der Waals surface area contributed by atoms with Gasteiger partial charge in [0.05, 0.1) is 6.61 Å². The van der Waals surface area contributed by atoms with E-state index in [1.807, 2.05) is 13.8 Å². The highest BCUT2D eigenvalue weighted by molar-refractivity contribution is 4.56. The van der Waals surface area contributed by atoms with Crippen molar-refractivity contribution < 1.29 is 14.6 Å². The number of hydrogen-bond acceptors (Lipinski definition) is 4. The van der Waals surface area contributed by atoms with Gasteiger partial charge in [0, 0.05) is 26.9 Å². The van der Waals surface area contributed by atoms with E-state index >= 15 is 0 Å². The second-order valence-corrected chi connectivity index (χ2v) is 3.60. The fraction of sp³-hybridized carbons (Fsp3) is 1.00. The third-order valence-corrected chi connectivity index (χ3v) is 1.87. The van der Waals surface area contributed by atoms with Crippen molar-refractivity contribution in [1.82, 2.24) is 5.32 Å². The van der Waals surface area contributed by atoms with E-state index in [2.05, 4.69) is 5.32 Å². The van der Waals surface area contributed by atoms with E-state index in [9.17, 15) is 5.11 Å². The van der Waals surface area contributed by atoms with Gasteiger partial charge in [0.1, 0.15) is 6.23 Å². The lowest BCUT2D eigenvalue weighted by molar-refractivity contribution is 0.0653. The second kappa shape index (κ2) is 9.40. The lowest BCUT2D eigenvalue weighted by atomic mass is 10.2. The molecule has 0 spiro atoms. The Morgan fingerprint density at radius 1 is 1.21 bits per heavy atom. The molecular weight excluding hydrogens is 182 g/mol. The number of hydrogen-bond donors (Lipinski definition) is 2. The first-order valence-electron chi connectivity index (χ1n) is 5.16. The summed E-state index contributed by atoms with van der Waals surface area (Å²) < 4.78 is 10.2. The second-order valence-electron chi connectivity index (χ2n) is 3.60. The van der Waals surface area contributed by atoms with Gasteiger partial charge in [-0.15, -0.1) is 0 Å². The zero-order valence-electron chi connectivity index (χ0n) is 9.45. The normalized spacial score (nSPS) is 13.5. The molecule has 0 heterocycles. The largest absolute Gasteiger partial charge is 0.385 e. The maximum atomic E-state index is 9.38. The zero-order valence-corrected chi connectivity index (χ0v) is 9.45. The molecule has 0 saturated carbocycles. The van der Waals surface area contributed by atoms with Crippen LogP contribution in [0.4, 0.5) is 0 Å². The SMILES string of the molecule is COCCCOCCNC(O)C(C)C. The van der Waals surface area contributed by atoms with E-state index in [-0.39, 0.29) is 5.92 Å². The first kappa shape index (κ1) is 13.8. The molecule has 0 aliphatic heterocycles. The summed E-state index contributed by atoms with van der Waals surface area (Å²) in [5.74, 6) is 0.239. The minimum Gasteiger partial charge on any atom is -0.385 e. The molecule has 14 heavy (non-hydrogen) atoms. The molecule has 4 heteroatoms. The molecule has 0 aromatic rings. The third kappa shape index (κ3) is 8.44. The molecule has 86 valence electrons. The Morgan fingerprint density at radius 2 is 1.93 bits per heavy atom. The number of aliphatic hydroxyl groups excluding tert-OH is 1. The van der Waals surface area contributed by atoms with Crippen molar-refractivity contribution in [2.75, 3.05) is 33.5 Å². The number of rotatable bonds is 9. The third-order valence-electron chi connectivity index (χ3n) is 1.87. The van der Waals surface area contributed by atoms with Gasteiger partial charge in [0.15, 0.2) is 0 Å². The zero-order chi connectivity index (χ0) is 10.8. The van der Waals surface area contributed by atoms with Crippen LogP contribution in [0.15, 0.2) is 0 Å². The summed E-state index contributed by atoms with van der Waals surface area (Å²) in [4.78, 5) is 0. The maximum Gasteiger partial charge on any atom is 0.107 e. The van der Waals surface area contributed by atoms with Crippen molar-refractivity contribution in [3.63, 3.8) is 0 Å². The lowest BCUT2D eigenvalue weighted by Gasteiger charge is -2.15. The van der Waals surface area contributed by atoms with E-state index < -0.39 is 6.23 Å². The van der Waals surface area contributed by atoms with Crippen LogP contribution in [0.25, 0.3) is 0 Å². The number of ether oxygens (including phenoxy) is 2. The van der Waals surface area contributed by atoms with Gasteiger partial charge in [-0.3, -0.25) is 5.32 Å². The monoisotopic (exact) mass is 205 g/mol. The highest BCUT2D eigenvalue weighted by Crippen LogP contribution is 1.95. The predicted octanol–water partition coefficient (Wildman–Crippen LogP) is 0.603. The van der Waals surface area contributed by atoms with Crippen LogP contribution >= 0.6 is 0 Å². The van der Waals surface area contributed by atoms with Crippen LogP contribution in [-0.4, -0.2) is 44.8 Å². The highest BCUT2D eigenvalue weighted by atomic mass is 16.5. The molecule has 1 unspecified atom stereocenters. The highest BCUT2D eigenvalue weighted by Gasteiger charge is 2.06. The Bertz CT molecular complexity index is 120. The van der Waals surface area contributed by atoms with Crippen LogP contribution in [0.5, 0.6) is 0 Å². The Balaban J connectivity index is 3.06. The van der Waals surface area contributed by atoms with Gasteiger partial charge in [-0.1, -0.05) is 13.8 Å². The summed E-state index contributed by atoms with van der Waals surface area (Å²) in [6.45, 7) is 6.71. The molecule has 0 aliphatic rings. The maximum absolute atomic E-state index is 9.38. The minimum atomic E-state index is -0.433. The van der Waals surface area contributed by atoms with Crippen LogP contribution in [0.3, 0.4) is 0 Å². The molecule has 0 amide bonds. The van der Waals surface area contributed by atoms with Crippen molar-refractivity contribution in [3.8, 4) is 0 Å². The van der Waals surface area contributed by atoms with E-state index in [1.54, 1.807) is 7.11 Å². The molecule has 0 fully saturated rings. The summed E-state index contributed by atoms with van der Waals surface area (Å²) in [5.41, 5.74) is 0. The van der Waals surface area contributed by atoms with Crippen LogP contribution in [0.1, 0.15) is 20.3 Å². The molecule has 0 saturated heterocycles. The van der Waals surface area contributed by atoms with Crippen molar-refractivity contribution >= 4 is 0 Å². The van der Waals surface area contributed by atoms with Crippen LogP contribution < -0.4 is 5.32 Å². The smallest absolute Gasteiger partial charge is 0.107 e. The molecule has 4 nitrogen and oxygen atoms in total. The van der Waals surface area contributed by atoms with Crippen molar-refractivity contribution in [3.05, 3.63) is 0 Å². The minimum absolute atomic E-state index is 0.239. The molecule has 0 bridgehead atoms. The fourth-order valence-electron chi connectivity index (χ4n) is 0.922. The Hall–Kier alpha value is -0.160. The summed E-state index contributed by atoms with van der Waals surface area (Å²) in [5, 5.41) is 12.4. The van der Waals surface area contributed by atoms with Gasteiger partial charge in [0.2, 0.25) is 0 Å². The molecular formula is C10H23NO3. The molecule has 0 rings (SSSR count). The standard InChI is InChI=1S/C10H23NO3/c1-9(2)10(12)11-5-8-14-7-4-6-13-3/h9-12H,4-8H2,1-3H3. The molecule has 0 aromatic carbocycles. The fourth-order valence-corrected chi connectivity index (χ4v) is 0.922. The van der Waals surface area contributed by atoms with Gasteiger partial charge in [-0.25, -0.2) is 0 Å². The molecule has 2 N–H and O–H groups in total. The number of nitrogens with one attached hydrogen (secondary N) is 1. The van der Waals surface area contributed by atoms with Gasteiger partial charge < -0.3 is 14.6 Å². The lowest BCUT2D eigenvalue weighted by Crippen LogP contribution is -2.35. The first-order chi connectivity index (χ1) is 6.68. The molecule has 0 aromatic heterocycles. The van der Waals surface area contributed by atoms with E-state index in [4.69, 9.17) is 9.47 Å². The first-order valence-corrected chi connectivity index (χ1v) is 5.16. The summed E-state index contributed by atoms with van der Waals surface area (Å²) in [7, 11) is 1.68. The van der Waals surface area contributed by atoms with Gasteiger partial charge in [0.25, 0.3) is 0 Å². The summed E-state index contributed by atoms with van der Waals surface area (Å²) in [6.07, 6.45) is 0.487. The summed E-state index contributed by atoms with van der Waals surface area (Å²) >= 11 is 0. The Morgan fingerprint density at radius 3 is 2.50 bits per heavy atom. The Kier molecular flexibility index (Phi) is 9.29. The summed E-state index contributed by atoms with van der Waals surface area (Å²) in [6, 6.07) is 0. The predicted molar refractivity (Wildman–Crippen MR) is 56.2 cm³/mol. The topological polar surface area (TPSA) is 50.7 Å². The number of methoxy groups -OCH3 is 1. The van der Waals surface area contributed by atoms with Crippen molar-refractivity contribution in [2.45, 2.75) is 26.5 Å². The quantitative estimate of drug-likeness (QED) is 0.427. The number of aliphatic hydroxyl groups is 1. The molecule has 0 radical (unpaired) electrons. The van der Waals surface area contributed by atoms with Crippen molar-refractivity contribution in [1.29, 1.82) is 0 Å². The van der Waals surface area contributed by atoms with Gasteiger partial charge >= 0.3 is 0 Å². The van der Waals surface area contributed by atoms with Crippen LogP contribution in [-0.2, 0) is 9.47 Å².